The number of carboxylic acid groups (broad SMARTS) is 1. The first kappa shape index (κ1) is 16.4. The lowest BCUT2D eigenvalue weighted by Crippen LogP contribution is -2.54. The molecule has 0 radical (unpaired) electrons. The number of nitrogens with one attached hydrogen (secondary N) is 1. The Kier molecular flexibility index (Phi) is 5.07. The molecule has 0 heterocycles. The van der Waals surface area contributed by atoms with Gasteiger partial charge in [-0.2, -0.15) is 0 Å². The number of halogens is 2. The van der Waals surface area contributed by atoms with Gasteiger partial charge in [0.15, 0.2) is 0 Å². The highest BCUT2D eigenvalue weighted by Crippen LogP contribution is 2.26. The first-order chi connectivity index (χ1) is 10.4. The number of aliphatic carboxylic acids is 1. The van der Waals surface area contributed by atoms with Crippen molar-refractivity contribution in [3.05, 3.63) is 35.4 Å². The Labute approximate surface area is 126 Å². The van der Waals surface area contributed by atoms with E-state index in [9.17, 15) is 18.4 Å². The highest BCUT2D eigenvalue weighted by Gasteiger charge is 2.35. The van der Waals surface area contributed by atoms with E-state index in [2.05, 4.69) is 5.32 Å². The zero-order valence-corrected chi connectivity index (χ0v) is 12.2. The Hall–Kier alpha value is -2.02. The first-order valence-electron chi connectivity index (χ1n) is 7.12. The molecule has 1 fully saturated rings. The lowest BCUT2D eigenvalue weighted by Gasteiger charge is -2.42. The smallest absolute Gasteiger partial charge is 0.317 e. The average Bonchev–Trinajstić information content (AvgIpc) is 2.39. The van der Waals surface area contributed by atoms with Crippen molar-refractivity contribution in [2.45, 2.75) is 31.8 Å². The van der Waals surface area contributed by atoms with E-state index in [1.165, 1.54) is 0 Å². The topological polar surface area (TPSA) is 69.6 Å². The van der Waals surface area contributed by atoms with Gasteiger partial charge < -0.3 is 10.4 Å². The third-order valence-corrected chi connectivity index (χ3v) is 3.89. The number of benzene rings is 1. The predicted octanol–water partition coefficient (Wildman–Crippen LogP) is 1.63. The van der Waals surface area contributed by atoms with Gasteiger partial charge in [0.25, 0.3) is 5.91 Å². The Morgan fingerprint density at radius 1 is 1.36 bits per heavy atom. The van der Waals surface area contributed by atoms with Gasteiger partial charge in [0.1, 0.15) is 11.6 Å². The van der Waals surface area contributed by atoms with Gasteiger partial charge in [-0.1, -0.05) is 6.92 Å². The number of carbonyl (C=O) groups is 2. The van der Waals surface area contributed by atoms with E-state index in [0.717, 1.165) is 12.1 Å². The van der Waals surface area contributed by atoms with Crippen molar-refractivity contribution in [2.24, 2.45) is 0 Å². The first-order valence-corrected chi connectivity index (χ1v) is 7.12. The number of amides is 1. The normalized spacial score (nSPS) is 20.5. The van der Waals surface area contributed by atoms with Gasteiger partial charge in [-0.15, -0.1) is 0 Å². The second-order valence-electron chi connectivity index (χ2n) is 5.38. The number of hydrogen-bond donors (Lipinski definition) is 2. The molecule has 0 atom stereocenters. The van der Waals surface area contributed by atoms with Gasteiger partial charge in [0, 0.05) is 18.2 Å². The van der Waals surface area contributed by atoms with Crippen LogP contribution >= 0.6 is 0 Å². The number of carbonyl (C=O) groups excluding carboxylic acids is 1. The van der Waals surface area contributed by atoms with Crippen LogP contribution in [0.3, 0.4) is 0 Å². The largest absolute Gasteiger partial charge is 0.480 e. The summed E-state index contributed by atoms with van der Waals surface area (Å²) in [6.07, 6.45) is 1.24. The summed E-state index contributed by atoms with van der Waals surface area (Å²) in [5.74, 6) is -3.09. The third kappa shape index (κ3) is 3.79. The molecular formula is C15H18F2N2O3. The van der Waals surface area contributed by atoms with E-state index in [4.69, 9.17) is 5.11 Å². The van der Waals surface area contributed by atoms with Crippen LogP contribution in [-0.2, 0) is 4.79 Å². The van der Waals surface area contributed by atoms with Crippen LogP contribution in [0.4, 0.5) is 8.78 Å². The van der Waals surface area contributed by atoms with Gasteiger partial charge in [-0.05, 0) is 31.5 Å². The number of hydrogen-bond acceptors (Lipinski definition) is 3. The van der Waals surface area contributed by atoms with E-state index in [1.807, 2.05) is 11.8 Å². The van der Waals surface area contributed by atoms with Gasteiger partial charge in [0.2, 0.25) is 0 Å². The third-order valence-electron chi connectivity index (χ3n) is 3.89. The van der Waals surface area contributed by atoms with Crippen molar-refractivity contribution in [1.29, 1.82) is 0 Å². The number of nitrogens with zero attached hydrogens (tertiary/aromatic N) is 1. The zero-order valence-electron chi connectivity index (χ0n) is 12.2. The molecule has 5 nitrogen and oxygen atoms in total. The molecule has 0 aliphatic heterocycles. The standard InChI is InChI=1S/C15H18F2N2O3/c1-2-19(8-14(20)21)11-6-10(7-11)18-15(22)12-4-3-9(16)5-13(12)17/h3-5,10-11H,2,6-8H2,1H3,(H,18,22)(H,20,21). The summed E-state index contributed by atoms with van der Waals surface area (Å²) >= 11 is 0. The lowest BCUT2D eigenvalue weighted by molar-refractivity contribution is -0.139. The molecule has 0 bridgehead atoms. The van der Waals surface area contributed by atoms with Crippen molar-refractivity contribution < 1.29 is 23.5 Å². The van der Waals surface area contributed by atoms with Gasteiger partial charge in [-0.3, -0.25) is 14.5 Å². The van der Waals surface area contributed by atoms with Gasteiger partial charge in [-0.25, -0.2) is 8.78 Å². The summed E-state index contributed by atoms with van der Waals surface area (Å²) in [5.41, 5.74) is -0.192. The molecule has 1 saturated carbocycles. The van der Waals surface area contributed by atoms with Crippen LogP contribution in [0, 0.1) is 11.6 Å². The summed E-state index contributed by atoms with van der Waals surface area (Å²) in [6.45, 7) is 2.46. The molecule has 2 rings (SSSR count). The fourth-order valence-corrected chi connectivity index (χ4v) is 2.61. The van der Waals surface area contributed by atoms with E-state index in [0.29, 0.717) is 25.5 Å². The minimum Gasteiger partial charge on any atom is -0.480 e. The Morgan fingerprint density at radius 2 is 2.05 bits per heavy atom. The maximum Gasteiger partial charge on any atom is 0.317 e. The number of rotatable bonds is 6. The molecule has 1 aliphatic carbocycles. The van der Waals surface area contributed by atoms with Crippen molar-refractivity contribution in [1.82, 2.24) is 10.2 Å². The van der Waals surface area contributed by atoms with Crippen LogP contribution in [-0.4, -0.2) is 47.1 Å². The summed E-state index contributed by atoms with van der Waals surface area (Å²) in [5, 5.41) is 11.5. The highest BCUT2D eigenvalue weighted by molar-refractivity contribution is 5.94. The van der Waals surface area contributed by atoms with E-state index in [-0.39, 0.29) is 24.2 Å². The van der Waals surface area contributed by atoms with Crippen molar-refractivity contribution >= 4 is 11.9 Å². The quantitative estimate of drug-likeness (QED) is 0.838. The average molecular weight is 312 g/mol. The van der Waals surface area contributed by atoms with Crippen LogP contribution in [0.1, 0.15) is 30.1 Å². The SMILES string of the molecule is CCN(CC(=O)O)C1CC(NC(=O)c2ccc(F)cc2F)C1. The monoisotopic (exact) mass is 312 g/mol. The maximum absolute atomic E-state index is 13.5. The van der Waals surface area contributed by atoms with Gasteiger partial charge in [0.05, 0.1) is 12.1 Å². The Bertz CT molecular complexity index is 574. The van der Waals surface area contributed by atoms with Crippen molar-refractivity contribution in [2.75, 3.05) is 13.1 Å². The summed E-state index contributed by atoms with van der Waals surface area (Å²) in [4.78, 5) is 24.5. The van der Waals surface area contributed by atoms with Gasteiger partial charge >= 0.3 is 5.97 Å². The molecule has 1 aromatic rings. The van der Waals surface area contributed by atoms with Crippen LogP contribution in [0.15, 0.2) is 18.2 Å². The molecule has 2 N–H and O–H groups in total. The van der Waals surface area contributed by atoms with Crippen molar-refractivity contribution in [3.63, 3.8) is 0 Å². The van der Waals surface area contributed by atoms with E-state index < -0.39 is 23.5 Å². The second kappa shape index (κ2) is 6.83. The lowest BCUT2D eigenvalue weighted by atomic mass is 9.85. The van der Waals surface area contributed by atoms with Crippen molar-refractivity contribution in [3.8, 4) is 0 Å². The minimum atomic E-state index is -0.894. The summed E-state index contributed by atoms with van der Waals surface area (Å²) in [7, 11) is 0. The summed E-state index contributed by atoms with van der Waals surface area (Å²) in [6, 6.07) is 2.80. The maximum atomic E-state index is 13.5. The fraction of sp³-hybridized carbons (Fsp3) is 0.467. The Morgan fingerprint density at radius 3 is 2.59 bits per heavy atom. The molecule has 0 aromatic heterocycles. The zero-order chi connectivity index (χ0) is 16.3. The van der Waals surface area contributed by atoms with Crippen LogP contribution in [0.2, 0.25) is 0 Å². The molecule has 120 valence electrons. The molecule has 0 spiro atoms. The second-order valence-corrected chi connectivity index (χ2v) is 5.38. The number of carboxylic acids is 1. The molecular weight excluding hydrogens is 294 g/mol. The molecule has 7 heteroatoms. The van der Waals surface area contributed by atoms with Crippen LogP contribution in [0.5, 0.6) is 0 Å². The molecule has 1 aliphatic rings. The van der Waals surface area contributed by atoms with Crippen LogP contribution < -0.4 is 5.32 Å². The highest BCUT2D eigenvalue weighted by atomic mass is 19.1. The number of likely N-dealkylation sites (N-methyl/N-ethyl adjacent to an activating group) is 1. The minimum absolute atomic E-state index is 0.0333. The summed E-state index contributed by atoms with van der Waals surface area (Å²) < 4.78 is 26.3. The molecule has 0 unspecified atom stereocenters. The molecule has 1 amide bonds. The predicted molar refractivity (Wildman–Crippen MR) is 75.5 cm³/mol. The van der Waals surface area contributed by atoms with E-state index >= 15 is 0 Å². The van der Waals surface area contributed by atoms with Crippen LogP contribution in [0.25, 0.3) is 0 Å². The fourth-order valence-electron chi connectivity index (χ4n) is 2.61. The Balaban J connectivity index is 1.86. The molecule has 22 heavy (non-hydrogen) atoms. The van der Waals surface area contributed by atoms with E-state index in [1.54, 1.807) is 0 Å². The molecule has 0 saturated heterocycles. The molecule has 1 aromatic carbocycles.